The van der Waals surface area contributed by atoms with Crippen LogP contribution in [0.15, 0.2) is 27.3 Å². The van der Waals surface area contributed by atoms with Crippen molar-refractivity contribution in [2.75, 3.05) is 14.2 Å². The van der Waals surface area contributed by atoms with E-state index in [9.17, 15) is 22.8 Å². The predicted molar refractivity (Wildman–Crippen MR) is 83.7 cm³/mol. The van der Waals surface area contributed by atoms with Crippen LogP contribution in [0.25, 0.3) is 0 Å². The Balaban J connectivity index is 2.23. The number of thioether (sulfide) groups is 1. The van der Waals surface area contributed by atoms with Crippen LogP contribution in [-0.4, -0.2) is 37.5 Å². The van der Waals surface area contributed by atoms with Crippen LogP contribution < -0.4 is 10.1 Å². The maximum Gasteiger partial charge on any atom is 0.331 e. The average molecular weight is 373 g/mol. The first kappa shape index (κ1) is 18.5. The van der Waals surface area contributed by atoms with Gasteiger partial charge in [0.25, 0.3) is 5.91 Å². The topological polar surface area (TPSA) is 89.3 Å². The molecule has 1 heterocycles. The van der Waals surface area contributed by atoms with E-state index in [1.807, 2.05) is 0 Å². The monoisotopic (exact) mass is 373 g/mol. The van der Waals surface area contributed by atoms with Crippen LogP contribution in [0.1, 0.15) is 5.56 Å². The maximum atomic E-state index is 13.7. The number of ether oxygens (including phenoxy) is 2. The Bertz CT molecular complexity index is 824. The molecule has 1 aliphatic heterocycles. The number of methoxy groups -OCH3 is 2. The Hall–Kier alpha value is -2.82. The molecule has 1 N–H and O–H groups in total. The molecule has 132 valence electrons. The van der Waals surface area contributed by atoms with E-state index in [-0.39, 0.29) is 15.8 Å². The number of nitrogens with zero attached hydrogens (tertiary/aromatic N) is 2. The number of amides is 1. The molecule has 0 aliphatic carbocycles. The van der Waals surface area contributed by atoms with E-state index >= 15 is 0 Å². The highest BCUT2D eigenvalue weighted by atomic mass is 32.2. The molecule has 1 aliphatic rings. The Labute approximate surface area is 143 Å². The molecule has 11 heteroatoms. The summed E-state index contributed by atoms with van der Waals surface area (Å²) in [7, 11) is 2.30. The Morgan fingerprint density at radius 3 is 2.64 bits per heavy atom. The molecular formula is C14H10F3N3O4S. The molecule has 1 aromatic rings. The van der Waals surface area contributed by atoms with Crippen molar-refractivity contribution in [1.29, 1.82) is 0 Å². The van der Waals surface area contributed by atoms with E-state index in [1.165, 1.54) is 0 Å². The van der Waals surface area contributed by atoms with E-state index < -0.39 is 34.9 Å². The fourth-order valence-corrected chi connectivity index (χ4v) is 2.40. The minimum absolute atomic E-state index is 0.00152. The summed E-state index contributed by atoms with van der Waals surface area (Å²) < 4.78 is 49.3. The van der Waals surface area contributed by atoms with Crippen molar-refractivity contribution in [2.24, 2.45) is 10.2 Å². The van der Waals surface area contributed by atoms with E-state index in [0.717, 1.165) is 38.3 Å². The number of rotatable bonds is 4. The Morgan fingerprint density at radius 1 is 1.28 bits per heavy atom. The number of carbonyl (C=O) groups is 2. The molecule has 25 heavy (non-hydrogen) atoms. The zero-order chi connectivity index (χ0) is 18.6. The maximum absolute atomic E-state index is 13.7. The van der Waals surface area contributed by atoms with Gasteiger partial charge in [-0.25, -0.2) is 18.0 Å². The van der Waals surface area contributed by atoms with E-state index in [1.54, 1.807) is 0 Å². The number of hydrogen-bond acceptors (Lipinski definition) is 7. The second kappa shape index (κ2) is 7.83. The SMILES string of the molecule is COC(=O)/C=C1/S/C(=N\N=Cc2c(OC)cc(F)c(F)c2F)NC1=O. The smallest absolute Gasteiger partial charge is 0.331 e. The van der Waals surface area contributed by atoms with E-state index in [0.29, 0.717) is 6.07 Å². The first-order valence-electron chi connectivity index (χ1n) is 6.48. The fraction of sp³-hybridized carbons (Fsp3) is 0.143. The first-order chi connectivity index (χ1) is 11.9. The molecule has 0 bridgehead atoms. The molecule has 0 atom stereocenters. The van der Waals surface area contributed by atoms with Gasteiger partial charge in [-0.15, -0.1) is 5.10 Å². The van der Waals surface area contributed by atoms with Crippen molar-refractivity contribution in [3.8, 4) is 5.75 Å². The Morgan fingerprint density at radius 2 is 2.00 bits per heavy atom. The van der Waals surface area contributed by atoms with Gasteiger partial charge in [0, 0.05) is 12.1 Å². The lowest BCUT2D eigenvalue weighted by atomic mass is 10.2. The third-order valence-electron chi connectivity index (χ3n) is 2.82. The molecule has 2 rings (SSSR count). The minimum atomic E-state index is -1.68. The number of halogens is 3. The predicted octanol–water partition coefficient (Wildman–Crippen LogP) is 1.72. The number of hydrogen-bond donors (Lipinski definition) is 1. The molecule has 1 aromatic carbocycles. The van der Waals surface area contributed by atoms with Gasteiger partial charge < -0.3 is 9.47 Å². The van der Waals surface area contributed by atoms with Crippen LogP contribution in [0, 0.1) is 17.5 Å². The van der Waals surface area contributed by atoms with Gasteiger partial charge in [0.1, 0.15) is 5.75 Å². The van der Waals surface area contributed by atoms with Gasteiger partial charge in [0.2, 0.25) is 0 Å². The first-order valence-corrected chi connectivity index (χ1v) is 7.30. The highest BCUT2D eigenvalue weighted by Crippen LogP contribution is 2.25. The summed E-state index contributed by atoms with van der Waals surface area (Å²) in [6.45, 7) is 0. The van der Waals surface area contributed by atoms with Crippen molar-refractivity contribution >= 4 is 35.0 Å². The Kier molecular flexibility index (Phi) is 5.80. The molecule has 1 amide bonds. The quantitative estimate of drug-likeness (QED) is 0.285. The standard InChI is InChI=1S/C14H10F3N3O4S/c1-23-8-3-7(15)12(17)11(16)6(8)5-18-20-14-19-13(22)9(25-14)4-10(21)24-2/h3-5H,1-2H3,(H,19,20,22)/b9-4+,18-5?. The van der Waals surface area contributed by atoms with Gasteiger partial charge in [0.05, 0.1) is 30.9 Å². The van der Waals surface area contributed by atoms with E-state index in [4.69, 9.17) is 4.74 Å². The summed E-state index contributed by atoms with van der Waals surface area (Å²) in [6, 6.07) is 0.663. The van der Waals surface area contributed by atoms with Gasteiger partial charge in [-0.3, -0.25) is 10.1 Å². The van der Waals surface area contributed by atoms with Crippen LogP contribution in [0.4, 0.5) is 13.2 Å². The number of esters is 1. The lowest BCUT2D eigenvalue weighted by molar-refractivity contribution is -0.135. The van der Waals surface area contributed by atoms with Crippen molar-refractivity contribution in [2.45, 2.75) is 0 Å². The van der Waals surface area contributed by atoms with Crippen molar-refractivity contribution < 1.29 is 32.2 Å². The van der Waals surface area contributed by atoms with Crippen LogP contribution in [0.3, 0.4) is 0 Å². The minimum Gasteiger partial charge on any atom is -0.496 e. The molecule has 1 saturated heterocycles. The number of carbonyl (C=O) groups excluding carboxylic acids is 2. The fourth-order valence-electron chi connectivity index (χ4n) is 1.66. The molecule has 1 fully saturated rings. The number of benzene rings is 1. The number of nitrogens with one attached hydrogen (secondary N) is 1. The van der Waals surface area contributed by atoms with Crippen LogP contribution in [0.5, 0.6) is 5.75 Å². The molecule has 0 saturated carbocycles. The molecule has 0 unspecified atom stereocenters. The van der Waals surface area contributed by atoms with Crippen LogP contribution >= 0.6 is 11.8 Å². The van der Waals surface area contributed by atoms with Crippen molar-refractivity contribution in [3.05, 3.63) is 40.1 Å². The van der Waals surface area contributed by atoms with Crippen LogP contribution in [0.2, 0.25) is 0 Å². The lowest BCUT2D eigenvalue weighted by Crippen LogP contribution is -2.19. The summed E-state index contributed by atoms with van der Waals surface area (Å²) in [4.78, 5) is 22.7. The van der Waals surface area contributed by atoms with Crippen molar-refractivity contribution in [1.82, 2.24) is 5.32 Å². The highest BCUT2D eigenvalue weighted by molar-refractivity contribution is 8.18. The summed E-state index contributed by atoms with van der Waals surface area (Å²) in [5.41, 5.74) is -0.453. The summed E-state index contributed by atoms with van der Waals surface area (Å²) >= 11 is 0.794. The third kappa shape index (κ3) is 4.18. The van der Waals surface area contributed by atoms with Gasteiger partial charge in [-0.2, -0.15) is 5.10 Å². The third-order valence-corrected chi connectivity index (χ3v) is 3.72. The van der Waals surface area contributed by atoms with Gasteiger partial charge in [-0.1, -0.05) is 0 Å². The zero-order valence-electron chi connectivity index (χ0n) is 12.8. The van der Waals surface area contributed by atoms with Gasteiger partial charge in [-0.05, 0) is 11.8 Å². The normalized spacial score (nSPS) is 17.4. The molecular weight excluding hydrogens is 363 g/mol. The second-order valence-corrected chi connectivity index (χ2v) is 5.37. The second-order valence-electron chi connectivity index (χ2n) is 4.34. The average Bonchev–Trinajstić information content (AvgIpc) is 2.93. The van der Waals surface area contributed by atoms with Crippen LogP contribution in [-0.2, 0) is 14.3 Å². The number of amidine groups is 1. The van der Waals surface area contributed by atoms with Gasteiger partial charge >= 0.3 is 5.97 Å². The molecule has 0 radical (unpaired) electrons. The summed E-state index contributed by atoms with van der Waals surface area (Å²) in [5.74, 6) is -6.18. The summed E-state index contributed by atoms with van der Waals surface area (Å²) in [6.07, 6.45) is 1.77. The zero-order valence-corrected chi connectivity index (χ0v) is 13.6. The molecule has 0 aromatic heterocycles. The summed E-state index contributed by atoms with van der Waals surface area (Å²) in [5, 5.41) is 9.42. The van der Waals surface area contributed by atoms with Crippen molar-refractivity contribution in [3.63, 3.8) is 0 Å². The van der Waals surface area contributed by atoms with E-state index in [2.05, 4.69) is 20.3 Å². The largest absolute Gasteiger partial charge is 0.496 e. The molecule has 7 nitrogen and oxygen atoms in total. The highest BCUT2D eigenvalue weighted by Gasteiger charge is 2.25. The lowest BCUT2D eigenvalue weighted by Gasteiger charge is -2.06. The molecule has 0 spiro atoms. The van der Waals surface area contributed by atoms with Gasteiger partial charge in [0.15, 0.2) is 22.6 Å².